The Morgan fingerprint density at radius 2 is 1.33 bits per heavy atom. The van der Waals surface area contributed by atoms with Crippen molar-refractivity contribution in [2.45, 2.75) is 30.7 Å². The number of hydrogen-bond donors (Lipinski definition) is 0. The molecule has 36 heavy (non-hydrogen) atoms. The number of aromatic nitrogens is 2. The van der Waals surface area contributed by atoms with Gasteiger partial charge in [-0.15, -0.1) is 0 Å². The summed E-state index contributed by atoms with van der Waals surface area (Å²) >= 11 is 0. The molecule has 1 saturated heterocycles. The second kappa shape index (κ2) is 10.9. The van der Waals surface area contributed by atoms with E-state index in [-0.39, 0.29) is 18.2 Å². The third-order valence-corrected chi connectivity index (χ3v) is 6.62. The molecule has 0 bridgehead atoms. The standard InChI is InChI=1S/C30H30N2O4/c1-33-28-26(20-31-29(32-28)34-2)27-19-18-25(36-27)21-35-30(22-12-6-3-7-13-22,23-14-8-4-9-15-23)24-16-10-5-11-17-24/h3-17,20,25,27H,18-19,21H2,1-2H3/t25-,27-/m0/s1. The van der Waals surface area contributed by atoms with Crippen LogP contribution < -0.4 is 9.47 Å². The van der Waals surface area contributed by atoms with Crippen LogP contribution in [0.25, 0.3) is 0 Å². The zero-order valence-corrected chi connectivity index (χ0v) is 20.5. The van der Waals surface area contributed by atoms with Crippen LogP contribution in [0.1, 0.15) is 41.2 Å². The van der Waals surface area contributed by atoms with E-state index in [4.69, 9.17) is 18.9 Å². The highest BCUT2D eigenvalue weighted by Gasteiger charge is 2.39. The molecule has 4 aromatic rings. The van der Waals surface area contributed by atoms with E-state index in [0.717, 1.165) is 35.1 Å². The molecule has 0 unspecified atom stereocenters. The first kappa shape index (κ1) is 24.0. The van der Waals surface area contributed by atoms with Gasteiger partial charge in [-0.25, -0.2) is 4.98 Å². The smallest absolute Gasteiger partial charge is 0.319 e. The molecule has 1 fully saturated rings. The third kappa shape index (κ3) is 4.70. The molecule has 3 aromatic carbocycles. The maximum Gasteiger partial charge on any atom is 0.319 e. The lowest BCUT2D eigenvalue weighted by Crippen LogP contribution is -2.35. The van der Waals surface area contributed by atoms with Crippen LogP contribution in [0.4, 0.5) is 0 Å². The normalized spacial score (nSPS) is 17.6. The molecule has 0 N–H and O–H groups in total. The van der Waals surface area contributed by atoms with E-state index in [9.17, 15) is 0 Å². The number of nitrogens with zero attached hydrogens (tertiary/aromatic N) is 2. The van der Waals surface area contributed by atoms with Gasteiger partial charge in [-0.2, -0.15) is 4.98 Å². The second-order valence-electron chi connectivity index (χ2n) is 8.74. The van der Waals surface area contributed by atoms with Gasteiger partial charge in [0.1, 0.15) is 5.60 Å². The van der Waals surface area contributed by atoms with Crippen LogP contribution in [-0.4, -0.2) is 36.9 Å². The minimum absolute atomic E-state index is 0.0858. The van der Waals surface area contributed by atoms with Gasteiger partial charge >= 0.3 is 6.01 Å². The maximum atomic E-state index is 6.94. The summed E-state index contributed by atoms with van der Waals surface area (Å²) < 4.78 is 24.0. The van der Waals surface area contributed by atoms with E-state index < -0.39 is 5.60 Å². The van der Waals surface area contributed by atoms with Gasteiger partial charge in [-0.05, 0) is 29.5 Å². The van der Waals surface area contributed by atoms with E-state index in [1.165, 1.54) is 7.11 Å². The SMILES string of the molecule is COc1ncc([C@@H]2CC[C@@H](COC(c3ccccc3)(c3ccccc3)c3ccccc3)O2)c(OC)n1. The predicted octanol–water partition coefficient (Wildman–Crippen LogP) is 5.72. The zero-order valence-electron chi connectivity index (χ0n) is 20.5. The van der Waals surface area contributed by atoms with Crippen molar-refractivity contribution in [3.63, 3.8) is 0 Å². The minimum atomic E-state index is -0.772. The van der Waals surface area contributed by atoms with E-state index in [1.54, 1.807) is 13.3 Å². The lowest BCUT2D eigenvalue weighted by atomic mass is 9.80. The molecule has 1 aromatic heterocycles. The molecule has 5 rings (SSSR count). The van der Waals surface area contributed by atoms with Gasteiger partial charge in [0.05, 0.1) is 38.6 Å². The Labute approximate surface area is 211 Å². The van der Waals surface area contributed by atoms with E-state index >= 15 is 0 Å². The van der Waals surface area contributed by atoms with Crippen molar-refractivity contribution in [1.29, 1.82) is 0 Å². The molecule has 0 spiro atoms. The Morgan fingerprint density at radius 3 is 1.83 bits per heavy atom. The van der Waals surface area contributed by atoms with Crippen LogP contribution >= 0.6 is 0 Å². The van der Waals surface area contributed by atoms with Gasteiger partial charge in [0.25, 0.3) is 0 Å². The van der Waals surface area contributed by atoms with E-state index in [0.29, 0.717) is 12.5 Å². The van der Waals surface area contributed by atoms with Crippen LogP contribution in [0.3, 0.4) is 0 Å². The molecule has 184 valence electrons. The molecule has 6 heteroatoms. The zero-order chi connectivity index (χ0) is 24.8. The fraction of sp³-hybridized carbons (Fsp3) is 0.267. The summed E-state index contributed by atoms with van der Waals surface area (Å²) in [5.74, 6) is 0.473. The van der Waals surface area contributed by atoms with E-state index in [1.807, 2.05) is 18.2 Å². The molecule has 0 aliphatic carbocycles. The Hall–Kier alpha value is -3.74. The number of ether oxygens (including phenoxy) is 4. The largest absolute Gasteiger partial charge is 0.481 e. The van der Waals surface area contributed by atoms with Gasteiger partial charge < -0.3 is 18.9 Å². The van der Waals surface area contributed by atoms with Crippen molar-refractivity contribution in [1.82, 2.24) is 9.97 Å². The van der Waals surface area contributed by atoms with Gasteiger partial charge in [0, 0.05) is 6.20 Å². The van der Waals surface area contributed by atoms with E-state index in [2.05, 4.69) is 82.8 Å². The van der Waals surface area contributed by atoms with Gasteiger partial charge in [0.15, 0.2) is 0 Å². The monoisotopic (exact) mass is 482 g/mol. The molecule has 0 saturated carbocycles. The van der Waals surface area contributed by atoms with Gasteiger partial charge in [0.2, 0.25) is 5.88 Å². The first-order chi connectivity index (χ1) is 17.7. The van der Waals surface area contributed by atoms with Crippen molar-refractivity contribution in [2.24, 2.45) is 0 Å². The highest BCUT2D eigenvalue weighted by Crippen LogP contribution is 2.42. The van der Waals surface area contributed by atoms with Gasteiger partial charge in [-0.3, -0.25) is 0 Å². The first-order valence-electron chi connectivity index (χ1n) is 12.2. The maximum absolute atomic E-state index is 6.94. The van der Waals surface area contributed by atoms with Crippen LogP contribution in [0.15, 0.2) is 97.2 Å². The summed E-state index contributed by atoms with van der Waals surface area (Å²) in [6.07, 6.45) is 3.15. The van der Waals surface area contributed by atoms with Crippen molar-refractivity contribution in [2.75, 3.05) is 20.8 Å². The Morgan fingerprint density at radius 1 is 0.778 bits per heavy atom. The summed E-state index contributed by atoms with van der Waals surface area (Å²) in [5, 5.41) is 0. The molecule has 0 amide bonds. The summed E-state index contributed by atoms with van der Waals surface area (Å²) in [6.45, 7) is 0.425. The topological polar surface area (TPSA) is 62.7 Å². The van der Waals surface area contributed by atoms with Crippen LogP contribution in [-0.2, 0) is 15.1 Å². The molecule has 2 heterocycles. The Balaban J connectivity index is 1.44. The molecule has 6 nitrogen and oxygen atoms in total. The quantitative estimate of drug-likeness (QED) is 0.284. The minimum Gasteiger partial charge on any atom is -0.481 e. The molecule has 0 radical (unpaired) electrons. The van der Waals surface area contributed by atoms with Crippen molar-refractivity contribution in [3.8, 4) is 11.9 Å². The first-order valence-corrected chi connectivity index (χ1v) is 12.2. The molecule has 2 atom stereocenters. The number of rotatable bonds is 9. The highest BCUT2D eigenvalue weighted by molar-refractivity contribution is 5.47. The fourth-order valence-corrected chi connectivity index (χ4v) is 4.89. The average molecular weight is 483 g/mol. The highest BCUT2D eigenvalue weighted by atomic mass is 16.6. The van der Waals surface area contributed by atoms with Crippen LogP contribution in [0.2, 0.25) is 0 Å². The average Bonchev–Trinajstić information content (AvgIpc) is 3.43. The summed E-state index contributed by atoms with van der Waals surface area (Å²) in [5.41, 5.74) is 3.26. The van der Waals surface area contributed by atoms with Crippen molar-refractivity contribution in [3.05, 3.63) is 119 Å². The predicted molar refractivity (Wildman–Crippen MR) is 137 cm³/mol. The number of benzene rings is 3. The third-order valence-electron chi connectivity index (χ3n) is 6.62. The van der Waals surface area contributed by atoms with Crippen LogP contribution in [0.5, 0.6) is 11.9 Å². The Kier molecular flexibility index (Phi) is 7.26. The van der Waals surface area contributed by atoms with Crippen LogP contribution in [0, 0.1) is 0 Å². The fourth-order valence-electron chi connectivity index (χ4n) is 4.89. The lowest BCUT2D eigenvalue weighted by Gasteiger charge is -2.36. The second-order valence-corrected chi connectivity index (χ2v) is 8.74. The Bertz CT molecular complexity index is 1160. The van der Waals surface area contributed by atoms with Gasteiger partial charge in [-0.1, -0.05) is 91.0 Å². The number of hydrogen-bond acceptors (Lipinski definition) is 6. The number of methoxy groups -OCH3 is 2. The van der Waals surface area contributed by atoms with Crippen molar-refractivity contribution >= 4 is 0 Å². The molecule has 1 aliphatic rings. The summed E-state index contributed by atoms with van der Waals surface area (Å²) in [7, 11) is 3.13. The molecule has 1 aliphatic heterocycles. The molecular formula is C30H30N2O4. The summed E-state index contributed by atoms with van der Waals surface area (Å²) in [6, 6.07) is 31.4. The molecular weight excluding hydrogens is 452 g/mol. The lowest BCUT2D eigenvalue weighted by molar-refractivity contribution is -0.0626. The van der Waals surface area contributed by atoms with Crippen molar-refractivity contribution < 1.29 is 18.9 Å². The summed E-state index contributed by atoms with van der Waals surface area (Å²) in [4.78, 5) is 8.57.